The highest BCUT2D eigenvalue weighted by Gasteiger charge is 2.10. The normalized spacial score (nSPS) is 10.9. The van der Waals surface area contributed by atoms with E-state index in [1.807, 2.05) is 38.2 Å². The van der Waals surface area contributed by atoms with Crippen LogP contribution in [0, 0.1) is 6.92 Å². The molecular weight excluding hydrogens is 256 g/mol. The Bertz CT molecular complexity index is 739. The van der Waals surface area contributed by atoms with Crippen molar-refractivity contribution in [1.82, 2.24) is 24.8 Å². The summed E-state index contributed by atoms with van der Waals surface area (Å²) in [7, 11) is 1.83. The molecule has 0 spiro atoms. The van der Waals surface area contributed by atoms with Gasteiger partial charge in [-0.1, -0.05) is 12.1 Å². The van der Waals surface area contributed by atoms with Crippen molar-refractivity contribution in [2.75, 3.05) is 5.32 Å². The third kappa shape index (κ3) is 2.25. The van der Waals surface area contributed by atoms with Gasteiger partial charge in [0.2, 0.25) is 5.91 Å². The van der Waals surface area contributed by atoms with E-state index in [0.717, 1.165) is 16.7 Å². The van der Waals surface area contributed by atoms with Gasteiger partial charge in [-0.2, -0.15) is 20.1 Å². The molecule has 20 heavy (non-hydrogen) atoms. The standard InChI is InChI=1S/C13H14N6O/c1-9-12(7-14-18(9)2)15-13(20)8-19-16-10-5-3-4-6-11(10)17-19/h3-7H,8H2,1-2H3,(H,15,20). The van der Waals surface area contributed by atoms with E-state index in [0.29, 0.717) is 5.69 Å². The fourth-order valence-electron chi connectivity index (χ4n) is 1.91. The molecule has 1 amide bonds. The van der Waals surface area contributed by atoms with Gasteiger partial charge in [0.05, 0.1) is 17.6 Å². The number of aryl methyl sites for hydroxylation is 1. The molecule has 1 N–H and O–H groups in total. The summed E-state index contributed by atoms with van der Waals surface area (Å²) in [6.07, 6.45) is 1.63. The average molecular weight is 270 g/mol. The van der Waals surface area contributed by atoms with Crippen LogP contribution in [0.5, 0.6) is 0 Å². The number of fused-ring (bicyclic) bond motifs is 1. The van der Waals surface area contributed by atoms with Crippen LogP contribution in [0.3, 0.4) is 0 Å². The highest BCUT2D eigenvalue weighted by atomic mass is 16.2. The molecule has 0 aliphatic carbocycles. The summed E-state index contributed by atoms with van der Waals surface area (Å²) >= 11 is 0. The van der Waals surface area contributed by atoms with Crippen molar-refractivity contribution in [2.24, 2.45) is 7.05 Å². The Morgan fingerprint density at radius 3 is 2.45 bits per heavy atom. The Morgan fingerprint density at radius 2 is 1.90 bits per heavy atom. The quantitative estimate of drug-likeness (QED) is 0.773. The average Bonchev–Trinajstić information content (AvgIpc) is 2.96. The van der Waals surface area contributed by atoms with Crippen LogP contribution in [0.1, 0.15) is 5.69 Å². The van der Waals surface area contributed by atoms with Crippen LogP contribution in [-0.2, 0) is 18.4 Å². The van der Waals surface area contributed by atoms with Crippen LogP contribution in [0.15, 0.2) is 30.5 Å². The maximum atomic E-state index is 12.0. The van der Waals surface area contributed by atoms with Gasteiger partial charge in [-0.3, -0.25) is 9.48 Å². The number of amides is 1. The lowest BCUT2D eigenvalue weighted by molar-refractivity contribution is -0.117. The molecule has 102 valence electrons. The first-order chi connectivity index (χ1) is 9.63. The van der Waals surface area contributed by atoms with Gasteiger partial charge in [-0.15, -0.1) is 0 Å². The molecule has 2 aromatic heterocycles. The monoisotopic (exact) mass is 270 g/mol. The fourth-order valence-corrected chi connectivity index (χ4v) is 1.91. The predicted octanol–water partition coefficient (Wildman–Crippen LogP) is 1.11. The van der Waals surface area contributed by atoms with Gasteiger partial charge < -0.3 is 5.32 Å². The van der Waals surface area contributed by atoms with Gasteiger partial charge in [0.1, 0.15) is 17.6 Å². The molecule has 7 nitrogen and oxygen atoms in total. The third-order valence-electron chi connectivity index (χ3n) is 3.12. The van der Waals surface area contributed by atoms with Crippen molar-refractivity contribution in [1.29, 1.82) is 0 Å². The van der Waals surface area contributed by atoms with E-state index in [2.05, 4.69) is 20.6 Å². The zero-order valence-electron chi connectivity index (χ0n) is 11.2. The summed E-state index contributed by atoms with van der Waals surface area (Å²) in [6.45, 7) is 1.96. The SMILES string of the molecule is Cc1c(NC(=O)Cn2nc3ccccc3n2)cnn1C. The second-order valence-electron chi connectivity index (χ2n) is 4.53. The number of carbonyl (C=O) groups excluding carboxylic acids is 1. The topological polar surface area (TPSA) is 77.6 Å². The maximum Gasteiger partial charge on any atom is 0.248 e. The molecule has 0 saturated heterocycles. The van der Waals surface area contributed by atoms with Gasteiger partial charge in [0.25, 0.3) is 0 Å². The molecule has 0 bridgehead atoms. The molecular formula is C13H14N6O. The van der Waals surface area contributed by atoms with E-state index < -0.39 is 0 Å². The van der Waals surface area contributed by atoms with Gasteiger partial charge in [0, 0.05) is 7.05 Å². The van der Waals surface area contributed by atoms with Crippen LogP contribution in [0.25, 0.3) is 11.0 Å². The summed E-state index contributed by atoms with van der Waals surface area (Å²) in [4.78, 5) is 13.4. The van der Waals surface area contributed by atoms with Crippen molar-refractivity contribution in [3.63, 3.8) is 0 Å². The van der Waals surface area contributed by atoms with E-state index >= 15 is 0 Å². The van der Waals surface area contributed by atoms with Crippen molar-refractivity contribution >= 4 is 22.6 Å². The zero-order chi connectivity index (χ0) is 14.1. The number of anilines is 1. The number of carbonyl (C=O) groups is 1. The maximum absolute atomic E-state index is 12.0. The second kappa shape index (κ2) is 4.76. The Labute approximate surface area is 115 Å². The van der Waals surface area contributed by atoms with E-state index in [1.165, 1.54) is 4.80 Å². The van der Waals surface area contributed by atoms with Crippen molar-refractivity contribution in [3.8, 4) is 0 Å². The van der Waals surface area contributed by atoms with E-state index in [1.54, 1.807) is 10.9 Å². The molecule has 0 atom stereocenters. The highest BCUT2D eigenvalue weighted by Crippen LogP contribution is 2.12. The summed E-state index contributed by atoms with van der Waals surface area (Å²) in [5.41, 5.74) is 3.15. The van der Waals surface area contributed by atoms with Gasteiger partial charge in [-0.05, 0) is 19.1 Å². The highest BCUT2D eigenvalue weighted by molar-refractivity contribution is 5.91. The Kier molecular flexibility index (Phi) is 2.94. The minimum Gasteiger partial charge on any atom is -0.322 e. The van der Waals surface area contributed by atoms with Crippen LogP contribution in [0.2, 0.25) is 0 Å². The molecule has 7 heteroatoms. The lowest BCUT2D eigenvalue weighted by Gasteiger charge is -2.03. The molecule has 0 fully saturated rings. The number of aromatic nitrogens is 5. The molecule has 1 aromatic carbocycles. The molecule has 0 aliphatic rings. The fraction of sp³-hybridized carbons (Fsp3) is 0.231. The first kappa shape index (κ1) is 12.3. The molecule has 3 rings (SSSR count). The van der Waals surface area contributed by atoms with E-state index in [-0.39, 0.29) is 12.5 Å². The van der Waals surface area contributed by atoms with Gasteiger partial charge in [0.15, 0.2) is 0 Å². The van der Waals surface area contributed by atoms with Crippen molar-refractivity contribution in [3.05, 3.63) is 36.2 Å². The third-order valence-corrected chi connectivity index (χ3v) is 3.12. The molecule has 2 heterocycles. The van der Waals surface area contributed by atoms with Crippen LogP contribution >= 0.6 is 0 Å². The van der Waals surface area contributed by atoms with Crippen molar-refractivity contribution in [2.45, 2.75) is 13.5 Å². The lowest BCUT2D eigenvalue weighted by atomic mass is 10.3. The number of rotatable bonds is 3. The molecule has 0 radical (unpaired) electrons. The van der Waals surface area contributed by atoms with Gasteiger partial charge in [-0.25, -0.2) is 0 Å². The minimum absolute atomic E-state index is 0.0724. The van der Waals surface area contributed by atoms with E-state index in [9.17, 15) is 4.79 Å². The first-order valence-electron chi connectivity index (χ1n) is 6.22. The predicted molar refractivity (Wildman–Crippen MR) is 74.1 cm³/mol. The second-order valence-corrected chi connectivity index (χ2v) is 4.53. The molecule has 0 aliphatic heterocycles. The summed E-state index contributed by atoms with van der Waals surface area (Å²) in [5, 5.41) is 15.4. The van der Waals surface area contributed by atoms with E-state index in [4.69, 9.17) is 0 Å². The molecule has 0 saturated carbocycles. The number of benzene rings is 1. The largest absolute Gasteiger partial charge is 0.322 e. The molecule has 3 aromatic rings. The Hall–Kier alpha value is -2.70. The number of nitrogens with zero attached hydrogens (tertiary/aromatic N) is 5. The molecule has 0 unspecified atom stereocenters. The minimum atomic E-state index is -0.179. The van der Waals surface area contributed by atoms with Crippen LogP contribution in [-0.4, -0.2) is 30.7 Å². The Morgan fingerprint density at radius 1 is 1.25 bits per heavy atom. The Balaban J connectivity index is 1.74. The van der Waals surface area contributed by atoms with Gasteiger partial charge >= 0.3 is 0 Å². The summed E-state index contributed by atoms with van der Waals surface area (Å²) in [6, 6.07) is 7.50. The zero-order valence-corrected chi connectivity index (χ0v) is 11.2. The first-order valence-corrected chi connectivity index (χ1v) is 6.22. The lowest BCUT2D eigenvalue weighted by Crippen LogP contribution is -2.20. The van der Waals surface area contributed by atoms with Crippen LogP contribution < -0.4 is 5.32 Å². The number of hydrogen-bond donors (Lipinski definition) is 1. The van der Waals surface area contributed by atoms with Crippen LogP contribution in [0.4, 0.5) is 5.69 Å². The summed E-state index contributed by atoms with van der Waals surface area (Å²) < 4.78 is 1.70. The summed E-state index contributed by atoms with van der Waals surface area (Å²) in [5.74, 6) is -0.179. The van der Waals surface area contributed by atoms with Crippen molar-refractivity contribution < 1.29 is 4.79 Å². The number of hydrogen-bond acceptors (Lipinski definition) is 4. The number of nitrogens with one attached hydrogen (secondary N) is 1. The smallest absolute Gasteiger partial charge is 0.248 e.